The number of hydrogen-bond donors (Lipinski definition) is 0. The summed E-state index contributed by atoms with van der Waals surface area (Å²) in [5.74, 6) is -0.497. The zero-order valence-electron chi connectivity index (χ0n) is 17.4. The van der Waals surface area contributed by atoms with E-state index < -0.39 is 14.1 Å². The first-order valence-electron chi connectivity index (χ1n) is 9.76. The quantitative estimate of drug-likeness (QED) is 0.711. The largest absolute Gasteiger partial charge is 0.415 e. The Kier molecular flexibility index (Phi) is 5.41. The van der Waals surface area contributed by atoms with E-state index in [4.69, 9.17) is 13.9 Å². The second kappa shape index (κ2) is 7.02. The van der Waals surface area contributed by atoms with Crippen LogP contribution in [0.25, 0.3) is 0 Å². The van der Waals surface area contributed by atoms with E-state index in [2.05, 4.69) is 69.1 Å². The molecule has 0 saturated carbocycles. The average Bonchev–Trinajstić information content (AvgIpc) is 2.96. The summed E-state index contributed by atoms with van der Waals surface area (Å²) in [6.45, 7) is 18.0. The van der Waals surface area contributed by atoms with E-state index in [1.807, 2.05) is 13.8 Å². The van der Waals surface area contributed by atoms with Crippen LogP contribution in [0.5, 0.6) is 0 Å². The fourth-order valence-electron chi connectivity index (χ4n) is 3.61. The highest BCUT2D eigenvalue weighted by Gasteiger charge is 2.53. The van der Waals surface area contributed by atoms with E-state index in [0.717, 1.165) is 13.1 Å². The van der Waals surface area contributed by atoms with E-state index in [9.17, 15) is 0 Å². The molecule has 0 aliphatic carbocycles. The van der Waals surface area contributed by atoms with Crippen LogP contribution >= 0.6 is 0 Å². The van der Waals surface area contributed by atoms with Gasteiger partial charge in [0.1, 0.15) is 12.2 Å². The van der Waals surface area contributed by atoms with Crippen LogP contribution in [0.2, 0.25) is 18.1 Å². The molecule has 1 aromatic rings. The highest BCUT2D eigenvalue weighted by Crippen LogP contribution is 2.40. The molecule has 0 spiro atoms. The van der Waals surface area contributed by atoms with Gasteiger partial charge >= 0.3 is 0 Å². The van der Waals surface area contributed by atoms with Crippen LogP contribution in [0.1, 0.15) is 40.2 Å². The third kappa shape index (κ3) is 4.23. The lowest BCUT2D eigenvalue weighted by molar-refractivity contribution is -0.163. The highest BCUT2D eigenvalue weighted by molar-refractivity contribution is 6.74. The third-order valence-electron chi connectivity index (χ3n) is 6.13. The Morgan fingerprint density at radius 1 is 1.15 bits per heavy atom. The van der Waals surface area contributed by atoms with Crippen molar-refractivity contribution < 1.29 is 13.9 Å². The van der Waals surface area contributed by atoms with E-state index in [0.29, 0.717) is 6.61 Å². The monoisotopic (exact) mass is 377 g/mol. The predicted octanol–water partition coefficient (Wildman–Crippen LogP) is 4.41. The van der Waals surface area contributed by atoms with Gasteiger partial charge in [-0.2, -0.15) is 0 Å². The van der Waals surface area contributed by atoms with Crippen LogP contribution in [-0.4, -0.2) is 50.4 Å². The number of benzene rings is 1. The molecule has 0 unspecified atom stereocenters. The maximum Gasteiger partial charge on any atom is 0.192 e. The van der Waals surface area contributed by atoms with Gasteiger partial charge in [-0.15, -0.1) is 0 Å². The molecule has 4 nitrogen and oxygen atoms in total. The molecule has 5 heteroatoms. The molecule has 26 heavy (non-hydrogen) atoms. The molecule has 3 rings (SSSR count). The van der Waals surface area contributed by atoms with Gasteiger partial charge in [0.15, 0.2) is 14.1 Å². The molecule has 2 fully saturated rings. The summed E-state index contributed by atoms with van der Waals surface area (Å²) in [5.41, 5.74) is 1.32. The molecule has 146 valence electrons. The Bertz CT molecular complexity index is 611. The Hall–Kier alpha value is -0.723. The zero-order valence-corrected chi connectivity index (χ0v) is 18.4. The van der Waals surface area contributed by atoms with Gasteiger partial charge < -0.3 is 13.9 Å². The predicted molar refractivity (Wildman–Crippen MR) is 108 cm³/mol. The molecule has 2 aliphatic rings. The number of hydrogen-bond acceptors (Lipinski definition) is 4. The summed E-state index contributed by atoms with van der Waals surface area (Å²) in [6, 6.07) is 10.9. The lowest BCUT2D eigenvalue weighted by atomic mass is 10.1. The molecule has 2 saturated heterocycles. The van der Waals surface area contributed by atoms with Gasteiger partial charge in [-0.1, -0.05) is 51.1 Å². The number of rotatable bonds is 5. The minimum atomic E-state index is -1.80. The third-order valence-corrected chi connectivity index (χ3v) is 10.6. The first-order chi connectivity index (χ1) is 12.0. The molecular formula is C21H35NO3Si. The normalized spacial score (nSPS) is 29.1. The standard InChI is InChI=1S/C21H35NO3Si/c1-20(2,3)26(6,7)23-15-17-19-18(24-21(4,5)25-19)14-22(17)13-16-11-9-8-10-12-16/h8-12,17-19H,13-15H2,1-7H3/t17-,18-,19+/m1/s1. The van der Waals surface area contributed by atoms with Crippen molar-refractivity contribution in [3.8, 4) is 0 Å². The molecule has 0 aromatic heterocycles. The van der Waals surface area contributed by atoms with Crippen molar-refractivity contribution in [1.82, 2.24) is 4.90 Å². The summed E-state index contributed by atoms with van der Waals surface area (Å²) in [4.78, 5) is 2.48. The topological polar surface area (TPSA) is 30.9 Å². The fraction of sp³-hybridized carbons (Fsp3) is 0.714. The summed E-state index contributed by atoms with van der Waals surface area (Å²) in [5, 5.41) is 0.210. The molecule has 0 N–H and O–H groups in total. The van der Waals surface area contributed by atoms with Gasteiger partial charge in [-0.25, -0.2) is 0 Å². The Labute approximate surface area is 159 Å². The average molecular weight is 378 g/mol. The van der Waals surface area contributed by atoms with Crippen molar-refractivity contribution in [2.45, 2.75) is 83.3 Å². The Morgan fingerprint density at radius 2 is 1.81 bits per heavy atom. The first-order valence-corrected chi connectivity index (χ1v) is 12.7. The van der Waals surface area contributed by atoms with Crippen LogP contribution in [-0.2, 0) is 20.4 Å². The van der Waals surface area contributed by atoms with E-state index >= 15 is 0 Å². The first kappa shape index (κ1) is 20.0. The van der Waals surface area contributed by atoms with E-state index in [-0.39, 0.29) is 23.3 Å². The zero-order chi connectivity index (χ0) is 19.2. The van der Waals surface area contributed by atoms with Gasteiger partial charge in [0, 0.05) is 13.1 Å². The molecular weight excluding hydrogens is 342 g/mol. The summed E-state index contributed by atoms with van der Waals surface area (Å²) in [7, 11) is -1.80. The molecule has 0 bridgehead atoms. The molecule has 0 amide bonds. The fourth-order valence-corrected chi connectivity index (χ4v) is 4.64. The second-order valence-corrected chi connectivity index (χ2v) is 14.5. The van der Waals surface area contributed by atoms with Crippen molar-refractivity contribution in [1.29, 1.82) is 0 Å². The van der Waals surface area contributed by atoms with Crippen molar-refractivity contribution in [2.75, 3.05) is 13.2 Å². The van der Waals surface area contributed by atoms with Crippen molar-refractivity contribution in [3.05, 3.63) is 35.9 Å². The molecule has 0 radical (unpaired) electrons. The van der Waals surface area contributed by atoms with Gasteiger partial charge in [0.05, 0.1) is 12.6 Å². The van der Waals surface area contributed by atoms with E-state index in [1.54, 1.807) is 0 Å². The number of nitrogens with zero attached hydrogens (tertiary/aromatic N) is 1. The molecule has 2 aliphatic heterocycles. The minimum Gasteiger partial charge on any atom is -0.415 e. The maximum atomic E-state index is 6.58. The van der Waals surface area contributed by atoms with Gasteiger partial charge in [0.25, 0.3) is 0 Å². The van der Waals surface area contributed by atoms with Crippen LogP contribution in [0, 0.1) is 0 Å². The summed E-state index contributed by atoms with van der Waals surface area (Å²) in [6.07, 6.45) is 0.209. The highest BCUT2D eigenvalue weighted by atomic mass is 28.4. The Balaban J connectivity index is 1.74. The van der Waals surface area contributed by atoms with Gasteiger partial charge in [-0.05, 0) is 37.5 Å². The van der Waals surface area contributed by atoms with Crippen LogP contribution < -0.4 is 0 Å². The smallest absolute Gasteiger partial charge is 0.192 e. The molecule has 3 atom stereocenters. The maximum absolute atomic E-state index is 6.58. The number of fused-ring (bicyclic) bond motifs is 1. The van der Waals surface area contributed by atoms with E-state index in [1.165, 1.54) is 5.56 Å². The van der Waals surface area contributed by atoms with Crippen LogP contribution in [0.3, 0.4) is 0 Å². The van der Waals surface area contributed by atoms with Crippen molar-refractivity contribution >= 4 is 8.32 Å². The van der Waals surface area contributed by atoms with Crippen LogP contribution in [0.4, 0.5) is 0 Å². The second-order valence-electron chi connectivity index (χ2n) is 9.69. The van der Waals surface area contributed by atoms with Crippen molar-refractivity contribution in [3.63, 3.8) is 0 Å². The summed E-state index contributed by atoms with van der Waals surface area (Å²) >= 11 is 0. The van der Waals surface area contributed by atoms with Gasteiger partial charge in [-0.3, -0.25) is 4.90 Å². The summed E-state index contributed by atoms with van der Waals surface area (Å²) < 4.78 is 19.0. The molecule has 2 heterocycles. The lowest BCUT2D eigenvalue weighted by Crippen LogP contribution is -2.47. The SMILES string of the molecule is CC1(C)O[C@H]2[C@@H](CO[Si](C)(C)C(C)(C)C)N(Cc3ccccc3)C[C@H]2O1. The number of ether oxygens (including phenoxy) is 2. The minimum absolute atomic E-state index is 0.0819. The van der Waals surface area contributed by atoms with Gasteiger partial charge in [0.2, 0.25) is 0 Å². The Morgan fingerprint density at radius 3 is 2.42 bits per heavy atom. The van der Waals surface area contributed by atoms with Crippen molar-refractivity contribution in [2.24, 2.45) is 0 Å². The van der Waals surface area contributed by atoms with Crippen LogP contribution in [0.15, 0.2) is 30.3 Å². The lowest BCUT2D eigenvalue weighted by Gasteiger charge is -2.38. The molecule has 1 aromatic carbocycles. The number of likely N-dealkylation sites (tertiary alicyclic amines) is 1.